The number of hydrogen-bond donors (Lipinski definition) is 0. The van der Waals surface area contributed by atoms with Crippen molar-refractivity contribution in [3.8, 4) is 61.7 Å². The molecule has 1 unspecified atom stereocenters. The maximum absolute atomic E-state index is 6.54. The fraction of sp³-hybridized carbons (Fsp3) is 0.0492. The summed E-state index contributed by atoms with van der Waals surface area (Å²) in [6.45, 7) is 0. The van der Waals surface area contributed by atoms with E-state index in [0.717, 1.165) is 62.7 Å². The van der Waals surface area contributed by atoms with Crippen molar-refractivity contribution >= 4 is 43.9 Å². The van der Waals surface area contributed by atoms with Gasteiger partial charge in [0.2, 0.25) is 5.71 Å². The van der Waals surface area contributed by atoms with Gasteiger partial charge in [-0.1, -0.05) is 176 Å². The van der Waals surface area contributed by atoms with Crippen LogP contribution < -0.4 is 0 Å². The third-order valence-electron chi connectivity index (χ3n) is 13.5. The number of furan rings is 1. The van der Waals surface area contributed by atoms with Crippen LogP contribution in [-0.4, -0.2) is 14.5 Å². The standard InChI is InChI=1S/C61H41N3O/c1-4-16-40(17-5-1)43-22-14-15-39(35-43)27-31-49-47-23-10-11-24-48(47)52-36-44(28-32-50(49)52)45-29-33-56-53(37-45)51-25-12-13-26-55(51)64(56)46-30-34-57-54(38-46)58-59(41-18-6-2-7-19-41)62-60(63-61(58)65-57)42-20-8-3-9-21-42/h1-26,28-30,32-38,49H,27,31H2. The van der Waals surface area contributed by atoms with Crippen molar-refractivity contribution in [3.05, 3.63) is 235 Å². The molecule has 0 saturated carbocycles. The highest BCUT2D eigenvalue weighted by atomic mass is 16.3. The summed E-state index contributed by atoms with van der Waals surface area (Å²) < 4.78 is 8.92. The van der Waals surface area contributed by atoms with E-state index in [2.05, 4.69) is 187 Å². The van der Waals surface area contributed by atoms with Crippen molar-refractivity contribution in [1.82, 2.24) is 14.5 Å². The van der Waals surface area contributed by atoms with Crippen LogP contribution in [0.3, 0.4) is 0 Å². The molecule has 0 fully saturated rings. The van der Waals surface area contributed by atoms with Gasteiger partial charge in [-0.25, -0.2) is 4.98 Å². The second kappa shape index (κ2) is 15.2. The zero-order valence-corrected chi connectivity index (χ0v) is 35.5. The molecular weight excluding hydrogens is 791 g/mol. The van der Waals surface area contributed by atoms with E-state index in [1.165, 1.54) is 60.8 Å². The Morgan fingerprint density at radius 3 is 1.94 bits per heavy atom. The Kier molecular flexibility index (Phi) is 8.70. The van der Waals surface area contributed by atoms with Gasteiger partial charge in [-0.3, -0.25) is 0 Å². The Balaban J connectivity index is 0.886. The number of hydrogen-bond acceptors (Lipinski definition) is 3. The van der Waals surface area contributed by atoms with Gasteiger partial charge in [0.1, 0.15) is 5.58 Å². The van der Waals surface area contributed by atoms with Crippen molar-refractivity contribution in [1.29, 1.82) is 0 Å². The third-order valence-corrected chi connectivity index (χ3v) is 13.5. The van der Waals surface area contributed by atoms with Crippen molar-refractivity contribution in [2.45, 2.75) is 18.8 Å². The van der Waals surface area contributed by atoms with E-state index in [9.17, 15) is 0 Å². The first kappa shape index (κ1) is 37.2. The molecule has 3 aromatic heterocycles. The lowest BCUT2D eigenvalue weighted by Crippen LogP contribution is -1.99. The molecule has 9 aromatic carbocycles. The number of aromatic nitrogens is 3. The van der Waals surface area contributed by atoms with E-state index in [1.54, 1.807) is 0 Å². The van der Waals surface area contributed by atoms with E-state index >= 15 is 0 Å². The fourth-order valence-corrected chi connectivity index (χ4v) is 10.4. The second-order valence-corrected chi connectivity index (χ2v) is 17.2. The SMILES string of the molecule is c1ccc(-c2cccc(CCC3c4ccccc4-c4cc(-c5ccc6c(c5)c5ccccc5n6-c5ccc6oc7nc(-c8ccccc8)nc(-c8ccccc8)c7c6c5)ccc43)c2)cc1. The minimum Gasteiger partial charge on any atom is -0.438 e. The van der Waals surface area contributed by atoms with Crippen LogP contribution in [0.4, 0.5) is 0 Å². The number of fused-ring (bicyclic) bond motifs is 9. The molecule has 4 heteroatoms. The van der Waals surface area contributed by atoms with E-state index < -0.39 is 0 Å². The van der Waals surface area contributed by atoms with Crippen LogP contribution in [-0.2, 0) is 6.42 Å². The molecule has 3 heterocycles. The first-order valence-corrected chi connectivity index (χ1v) is 22.5. The van der Waals surface area contributed by atoms with Gasteiger partial charge in [0.25, 0.3) is 0 Å². The average Bonchev–Trinajstić information content (AvgIpc) is 4.03. The number of para-hydroxylation sites is 1. The number of benzene rings is 9. The molecule has 4 nitrogen and oxygen atoms in total. The lowest BCUT2D eigenvalue weighted by atomic mass is 9.89. The minimum absolute atomic E-state index is 0.349. The molecule has 0 radical (unpaired) electrons. The lowest BCUT2D eigenvalue weighted by Gasteiger charge is -2.15. The van der Waals surface area contributed by atoms with Crippen molar-refractivity contribution in [2.75, 3.05) is 0 Å². The summed E-state index contributed by atoms with van der Waals surface area (Å²) >= 11 is 0. The highest BCUT2D eigenvalue weighted by Crippen LogP contribution is 2.48. The predicted octanol–water partition coefficient (Wildman–Crippen LogP) is 15.9. The quantitative estimate of drug-likeness (QED) is 0.153. The van der Waals surface area contributed by atoms with Crippen LogP contribution in [0.25, 0.3) is 106 Å². The Morgan fingerprint density at radius 2 is 1.09 bits per heavy atom. The molecule has 306 valence electrons. The second-order valence-electron chi connectivity index (χ2n) is 17.2. The zero-order chi connectivity index (χ0) is 42.8. The van der Waals surface area contributed by atoms with Crippen LogP contribution in [0.5, 0.6) is 0 Å². The van der Waals surface area contributed by atoms with Gasteiger partial charge in [-0.15, -0.1) is 0 Å². The Bertz CT molecular complexity index is 3770. The summed E-state index contributed by atoms with van der Waals surface area (Å²) in [4.78, 5) is 10.2. The molecule has 0 N–H and O–H groups in total. The average molecular weight is 832 g/mol. The highest BCUT2D eigenvalue weighted by molar-refractivity contribution is 6.13. The zero-order valence-electron chi connectivity index (χ0n) is 35.5. The number of nitrogens with zero attached hydrogens (tertiary/aromatic N) is 3. The molecule has 1 aliphatic rings. The summed E-state index contributed by atoms with van der Waals surface area (Å²) in [6, 6.07) is 78.6. The Labute approximate surface area is 376 Å². The molecular formula is C61H41N3O. The number of rotatable bonds is 8. The fourth-order valence-electron chi connectivity index (χ4n) is 10.4. The summed E-state index contributed by atoms with van der Waals surface area (Å²) in [5, 5.41) is 4.32. The van der Waals surface area contributed by atoms with Crippen LogP contribution in [0.1, 0.15) is 29.0 Å². The van der Waals surface area contributed by atoms with E-state index in [0.29, 0.717) is 17.5 Å². The van der Waals surface area contributed by atoms with Crippen molar-refractivity contribution in [3.63, 3.8) is 0 Å². The van der Waals surface area contributed by atoms with E-state index in [4.69, 9.17) is 14.4 Å². The molecule has 65 heavy (non-hydrogen) atoms. The largest absolute Gasteiger partial charge is 0.438 e. The van der Waals surface area contributed by atoms with Crippen molar-refractivity contribution in [2.24, 2.45) is 0 Å². The topological polar surface area (TPSA) is 43.9 Å². The highest BCUT2D eigenvalue weighted by Gasteiger charge is 2.29. The first-order valence-electron chi connectivity index (χ1n) is 22.5. The molecule has 1 atom stereocenters. The molecule has 0 aliphatic heterocycles. The van der Waals surface area contributed by atoms with Gasteiger partial charge in [0.15, 0.2) is 5.82 Å². The predicted molar refractivity (Wildman–Crippen MR) is 267 cm³/mol. The van der Waals surface area contributed by atoms with Crippen LogP contribution in [0.15, 0.2) is 223 Å². The minimum atomic E-state index is 0.349. The van der Waals surface area contributed by atoms with Gasteiger partial charge in [-0.05, 0) is 105 Å². The van der Waals surface area contributed by atoms with Gasteiger partial charge < -0.3 is 8.98 Å². The number of aryl methyl sites for hydroxylation is 1. The normalized spacial score (nSPS) is 13.2. The van der Waals surface area contributed by atoms with E-state index in [-0.39, 0.29) is 0 Å². The Hall–Kier alpha value is -8.34. The molecule has 0 amide bonds. The van der Waals surface area contributed by atoms with Gasteiger partial charge in [-0.2, -0.15) is 4.98 Å². The first-order chi connectivity index (χ1) is 32.2. The summed E-state index contributed by atoms with van der Waals surface area (Å²) in [6.07, 6.45) is 2.07. The molecule has 1 aliphatic carbocycles. The molecule has 13 rings (SSSR count). The van der Waals surface area contributed by atoms with Crippen LogP contribution >= 0.6 is 0 Å². The van der Waals surface area contributed by atoms with E-state index in [1.807, 2.05) is 36.4 Å². The summed E-state index contributed by atoms with van der Waals surface area (Å²) in [5.74, 6) is 0.990. The molecule has 12 aromatic rings. The monoisotopic (exact) mass is 831 g/mol. The Morgan fingerprint density at radius 1 is 0.431 bits per heavy atom. The van der Waals surface area contributed by atoms with Crippen molar-refractivity contribution < 1.29 is 4.42 Å². The third kappa shape index (κ3) is 6.29. The molecule has 0 saturated heterocycles. The smallest absolute Gasteiger partial charge is 0.231 e. The van der Waals surface area contributed by atoms with Crippen LogP contribution in [0.2, 0.25) is 0 Å². The summed E-state index contributed by atoms with van der Waals surface area (Å²) in [5.41, 5.74) is 19.4. The van der Waals surface area contributed by atoms with Gasteiger partial charge in [0.05, 0.1) is 22.1 Å². The maximum Gasteiger partial charge on any atom is 0.231 e. The van der Waals surface area contributed by atoms with Gasteiger partial charge >= 0.3 is 0 Å². The molecule has 0 bridgehead atoms. The molecule has 0 spiro atoms. The van der Waals surface area contributed by atoms with Crippen LogP contribution in [0, 0.1) is 0 Å². The van der Waals surface area contributed by atoms with Gasteiger partial charge in [0, 0.05) is 38.9 Å². The summed E-state index contributed by atoms with van der Waals surface area (Å²) in [7, 11) is 0. The lowest BCUT2D eigenvalue weighted by molar-refractivity contribution is 0.653. The maximum atomic E-state index is 6.54.